The third-order valence-electron chi connectivity index (χ3n) is 4.68. The number of carbonyl (C=O) groups excluding carboxylic acids is 1. The van der Waals surface area contributed by atoms with E-state index in [1.807, 2.05) is 38.1 Å². The van der Waals surface area contributed by atoms with Gasteiger partial charge in [-0.05, 0) is 25.0 Å². The molecule has 0 saturated heterocycles. The first kappa shape index (κ1) is 17.0. The maximum atomic E-state index is 12.6. The van der Waals surface area contributed by atoms with Crippen molar-refractivity contribution in [3.8, 4) is 0 Å². The fourth-order valence-corrected chi connectivity index (χ4v) is 3.02. The van der Waals surface area contributed by atoms with E-state index in [4.69, 9.17) is 0 Å². The Kier molecular flexibility index (Phi) is 4.44. The fraction of sp³-hybridized carbons (Fsp3) is 0.316. The predicted molar refractivity (Wildman–Crippen MR) is 96.7 cm³/mol. The van der Waals surface area contributed by atoms with Gasteiger partial charge in [0.2, 0.25) is 0 Å². The van der Waals surface area contributed by atoms with Gasteiger partial charge in [0.05, 0.1) is 11.2 Å². The summed E-state index contributed by atoms with van der Waals surface area (Å²) in [5.41, 5.74) is 2.79. The number of hydrogen-bond donors (Lipinski definition) is 3. The molecule has 0 radical (unpaired) electrons. The number of hydrogen-bond acceptors (Lipinski definition) is 3. The molecular weight excluding hydrogens is 318 g/mol. The van der Waals surface area contributed by atoms with Gasteiger partial charge in [0, 0.05) is 16.3 Å². The van der Waals surface area contributed by atoms with Gasteiger partial charge in [-0.1, -0.05) is 38.5 Å². The van der Waals surface area contributed by atoms with Crippen LogP contribution in [0.1, 0.15) is 36.5 Å². The van der Waals surface area contributed by atoms with Gasteiger partial charge in [-0.15, -0.1) is 0 Å². The van der Waals surface area contributed by atoms with Crippen LogP contribution in [0.15, 0.2) is 30.3 Å². The number of aryl methyl sites for hydroxylation is 1. The van der Waals surface area contributed by atoms with Crippen molar-refractivity contribution in [2.75, 3.05) is 0 Å². The Labute approximate surface area is 145 Å². The molecule has 1 aromatic carbocycles. The third-order valence-corrected chi connectivity index (χ3v) is 4.68. The molecule has 3 aromatic rings. The molecule has 130 valence electrons. The average Bonchev–Trinajstić information content (AvgIpc) is 2.98. The second-order valence-corrected chi connectivity index (χ2v) is 6.36. The van der Waals surface area contributed by atoms with E-state index in [1.165, 1.54) is 0 Å². The zero-order valence-electron chi connectivity index (χ0n) is 14.5. The fourth-order valence-electron chi connectivity index (χ4n) is 3.02. The average molecular weight is 339 g/mol. The lowest BCUT2D eigenvalue weighted by molar-refractivity contribution is -0.140. The quantitative estimate of drug-likeness (QED) is 0.665. The number of nitrogens with zero attached hydrogens (tertiary/aromatic N) is 1. The predicted octanol–water partition coefficient (Wildman–Crippen LogP) is 3.25. The van der Waals surface area contributed by atoms with E-state index < -0.39 is 17.9 Å². The number of carboxylic acids is 1. The molecule has 2 heterocycles. The lowest BCUT2D eigenvalue weighted by atomic mass is 9.99. The summed E-state index contributed by atoms with van der Waals surface area (Å²) in [7, 11) is 0. The van der Waals surface area contributed by atoms with Crippen LogP contribution in [0.5, 0.6) is 0 Å². The summed E-state index contributed by atoms with van der Waals surface area (Å²) in [6.45, 7) is 5.53. The van der Waals surface area contributed by atoms with Crippen molar-refractivity contribution >= 4 is 33.7 Å². The number of aliphatic carboxylic acids is 1. The topological polar surface area (TPSA) is 95.1 Å². The van der Waals surface area contributed by atoms with Crippen LogP contribution in [0.4, 0.5) is 0 Å². The largest absolute Gasteiger partial charge is 0.480 e. The Balaban J connectivity index is 2.02. The van der Waals surface area contributed by atoms with Gasteiger partial charge in [0.25, 0.3) is 5.91 Å². The number of para-hydroxylation sites is 1. The molecule has 25 heavy (non-hydrogen) atoms. The van der Waals surface area contributed by atoms with Crippen molar-refractivity contribution in [1.82, 2.24) is 15.3 Å². The van der Waals surface area contributed by atoms with Crippen molar-refractivity contribution in [3.05, 3.63) is 41.7 Å². The maximum Gasteiger partial charge on any atom is 0.326 e. The number of rotatable bonds is 5. The number of benzene rings is 1. The Morgan fingerprint density at radius 1 is 1.28 bits per heavy atom. The minimum Gasteiger partial charge on any atom is -0.480 e. The van der Waals surface area contributed by atoms with Gasteiger partial charge >= 0.3 is 5.97 Å². The van der Waals surface area contributed by atoms with E-state index in [0.717, 1.165) is 21.8 Å². The lowest BCUT2D eigenvalue weighted by Gasteiger charge is -2.20. The van der Waals surface area contributed by atoms with Gasteiger partial charge in [-0.3, -0.25) is 4.79 Å². The number of nitrogens with one attached hydrogen (secondary N) is 2. The summed E-state index contributed by atoms with van der Waals surface area (Å²) in [6.07, 6.45) is 0.658. The number of carbonyl (C=O) groups is 2. The molecule has 0 bridgehead atoms. The first-order valence-corrected chi connectivity index (χ1v) is 8.34. The molecule has 2 atom stereocenters. The highest BCUT2D eigenvalue weighted by Crippen LogP contribution is 2.27. The van der Waals surface area contributed by atoms with Crippen LogP contribution < -0.4 is 5.32 Å². The SMILES string of the molecule is CCC(C)C(NC(=O)c1cc2c([nH]c3ccccc32)c(C)n1)C(=O)O. The second kappa shape index (κ2) is 6.55. The highest BCUT2D eigenvalue weighted by Gasteiger charge is 2.26. The van der Waals surface area contributed by atoms with Crippen LogP contribution in [0.3, 0.4) is 0 Å². The molecule has 0 fully saturated rings. The molecule has 0 aliphatic heterocycles. The molecule has 1 amide bonds. The van der Waals surface area contributed by atoms with Crippen LogP contribution in [-0.2, 0) is 4.79 Å². The van der Waals surface area contributed by atoms with Crippen LogP contribution in [0.25, 0.3) is 21.8 Å². The summed E-state index contributed by atoms with van der Waals surface area (Å²) in [5.74, 6) is -1.67. The summed E-state index contributed by atoms with van der Waals surface area (Å²) in [4.78, 5) is 31.7. The Hall–Kier alpha value is -2.89. The molecule has 0 saturated carbocycles. The molecule has 0 aliphatic carbocycles. The number of H-pyrrole nitrogens is 1. The minimum absolute atomic E-state index is 0.167. The number of carboxylic acid groups (broad SMARTS) is 1. The summed E-state index contributed by atoms with van der Waals surface area (Å²) in [6, 6.07) is 8.61. The zero-order chi connectivity index (χ0) is 18.1. The van der Waals surface area contributed by atoms with Gasteiger partial charge in [-0.25, -0.2) is 9.78 Å². The highest BCUT2D eigenvalue weighted by molar-refractivity contribution is 6.10. The third kappa shape index (κ3) is 3.07. The first-order chi connectivity index (χ1) is 11.9. The lowest BCUT2D eigenvalue weighted by Crippen LogP contribution is -2.45. The Morgan fingerprint density at radius 2 is 2.00 bits per heavy atom. The number of amides is 1. The van der Waals surface area contributed by atoms with Gasteiger partial charge in [0.1, 0.15) is 11.7 Å². The zero-order valence-corrected chi connectivity index (χ0v) is 14.5. The maximum absolute atomic E-state index is 12.6. The normalized spacial score (nSPS) is 13.7. The van der Waals surface area contributed by atoms with Crippen LogP contribution in [0, 0.1) is 12.8 Å². The molecular formula is C19H21N3O3. The molecule has 0 aliphatic rings. The monoisotopic (exact) mass is 339 g/mol. The molecule has 3 rings (SSSR count). The van der Waals surface area contributed by atoms with Crippen molar-refractivity contribution in [2.24, 2.45) is 5.92 Å². The minimum atomic E-state index is -1.03. The Bertz CT molecular complexity index is 961. The summed E-state index contributed by atoms with van der Waals surface area (Å²) in [5, 5.41) is 13.9. The molecule has 2 aromatic heterocycles. The van der Waals surface area contributed by atoms with E-state index in [9.17, 15) is 14.7 Å². The number of fused-ring (bicyclic) bond motifs is 3. The van der Waals surface area contributed by atoms with E-state index in [1.54, 1.807) is 13.0 Å². The molecule has 2 unspecified atom stereocenters. The summed E-state index contributed by atoms with van der Waals surface area (Å²) < 4.78 is 0. The van der Waals surface area contributed by atoms with Gasteiger partial charge < -0.3 is 15.4 Å². The van der Waals surface area contributed by atoms with Crippen LogP contribution in [0.2, 0.25) is 0 Å². The van der Waals surface area contributed by atoms with E-state index >= 15 is 0 Å². The smallest absolute Gasteiger partial charge is 0.326 e. The van der Waals surface area contributed by atoms with Crippen molar-refractivity contribution in [2.45, 2.75) is 33.2 Å². The van der Waals surface area contributed by atoms with Crippen LogP contribution >= 0.6 is 0 Å². The van der Waals surface area contributed by atoms with Crippen molar-refractivity contribution < 1.29 is 14.7 Å². The Morgan fingerprint density at radius 3 is 2.68 bits per heavy atom. The second-order valence-electron chi connectivity index (χ2n) is 6.36. The van der Waals surface area contributed by atoms with E-state index in [2.05, 4.69) is 15.3 Å². The van der Waals surface area contributed by atoms with Gasteiger partial charge in [0.15, 0.2) is 0 Å². The number of aromatic amines is 1. The van der Waals surface area contributed by atoms with Crippen molar-refractivity contribution in [1.29, 1.82) is 0 Å². The number of aromatic nitrogens is 2. The van der Waals surface area contributed by atoms with E-state index in [-0.39, 0.29) is 11.6 Å². The molecule has 0 spiro atoms. The molecule has 6 nitrogen and oxygen atoms in total. The van der Waals surface area contributed by atoms with Crippen molar-refractivity contribution in [3.63, 3.8) is 0 Å². The summed E-state index contributed by atoms with van der Waals surface area (Å²) >= 11 is 0. The first-order valence-electron chi connectivity index (χ1n) is 8.34. The molecule has 3 N–H and O–H groups in total. The van der Waals surface area contributed by atoms with Crippen LogP contribution in [-0.4, -0.2) is 33.0 Å². The molecule has 6 heteroatoms. The van der Waals surface area contributed by atoms with E-state index in [0.29, 0.717) is 12.1 Å². The standard InChI is InChI=1S/C19H21N3O3/c1-4-10(2)16(19(24)25)22-18(23)15-9-13-12-7-5-6-8-14(12)21-17(13)11(3)20-15/h5-10,16,21H,4H2,1-3H3,(H,22,23)(H,24,25). The van der Waals surface area contributed by atoms with Gasteiger partial charge in [-0.2, -0.15) is 0 Å². The number of pyridine rings is 1. The highest BCUT2D eigenvalue weighted by atomic mass is 16.4.